The van der Waals surface area contributed by atoms with Crippen molar-refractivity contribution in [2.75, 3.05) is 39.3 Å². The van der Waals surface area contributed by atoms with Crippen LogP contribution in [0.4, 0.5) is 0 Å². The van der Waals surface area contributed by atoms with E-state index in [2.05, 4.69) is 36.2 Å². The van der Waals surface area contributed by atoms with Crippen LogP contribution in [0.2, 0.25) is 0 Å². The summed E-state index contributed by atoms with van der Waals surface area (Å²) in [5, 5.41) is 3.40. The van der Waals surface area contributed by atoms with E-state index in [1.165, 1.54) is 49.2 Å². The van der Waals surface area contributed by atoms with Crippen molar-refractivity contribution in [3.05, 3.63) is 28.8 Å². The van der Waals surface area contributed by atoms with Gasteiger partial charge < -0.3 is 15.0 Å². The minimum Gasteiger partial charge on any atom is -0.494 e. The van der Waals surface area contributed by atoms with Crippen LogP contribution in [0.5, 0.6) is 5.75 Å². The Kier molecular flexibility index (Phi) is 5.86. The van der Waals surface area contributed by atoms with Crippen LogP contribution in [0.15, 0.2) is 12.1 Å². The minimum absolute atomic E-state index is 0.739. The van der Waals surface area contributed by atoms with Crippen LogP contribution in [0.25, 0.3) is 0 Å². The Morgan fingerprint density at radius 3 is 2.60 bits per heavy atom. The molecule has 0 unspecified atom stereocenters. The first-order valence-electron chi connectivity index (χ1n) is 7.86. The zero-order valence-corrected chi connectivity index (χ0v) is 13.2. The largest absolute Gasteiger partial charge is 0.494 e. The number of nitrogens with zero attached hydrogens (tertiary/aromatic N) is 1. The molecule has 0 amide bonds. The van der Waals surface area contributed by atoms with E-state index in [4.69, 9.17) is 4.74 Å². The molecule has 0 spiro atoms. The predicted molar refractivity (Wildman–Crippen MR) is 84.7 cm³/mol. The fourth-order valence-electron chi connectivity index (χ4n) is 2.86. The normalized spacial score (nSPS) is 16.4. The number of benzene rings is 1. The van der Waals surface area contributed by atoms with Gasteiger partial charge in [-0.1, -0.05) is 6.07 Å². The van der Waals surface area contributed by atoms with Gasteiger partial charge in [0.15, 0.2) is 0 Å². The van der Waals surface area contributed by atoms with Crippen LogP contribution < -0.4 is 10.1 Å². The highest BCUT2D eigenvalue weighted by atomic mass is 16.5. The third kappa shape index (κ3) is 4.22. The van der Waals surface area contributed by atoms with Crippen molar-refractivity contribution in [1.29, 1.82) is 0 Å². The number of rotatable bonds is 6. The Labute approximate surface area is 123 Å². The fraction of sp³-hybridized carbons (Fsp3) is 0.647. The molecular formula is C17H28N2O. The number of hydrogen-bond donors (Lipinski definition) is 1. The van der Waals surface area contributed by atoms with E-state index in [1.54, 1.807) is 0 Å². The molecule has 1 aromatic carbocycles. The molecule has 112 valence electrons. The molecule has 2 rings (SSSR count). The summed E-state index contributed by atoms with van der Waals surface area (Å²) in [5.74, 6) is 1.04. The molecule has 1 N–H and O–H groups in total. The lowest BCUT2D eigenvalue weighted by Crippen LogP contribution is -2.43. The first kappa shape index (κ1) is 15.3. The van der Waals surface area contributed by atoms with Crippen molar-refractivity contribution in [3.63, 3.8) is 0 Å². The van der Waals surface area contributed by atoms with Crippen molar-refractivity contribution in [3.8, 4) is 5.75 Å². The van der Waals surface area contributed by atoms with Crippen LogP contribution in [-0.4, -0.2) is 44.2 Å². The quantitative estimate of drug-likeness (QED) is 0.864. The van der Waals surface area contributed by atoms with Crippen molar-refractivity contribution in [2.45, 2.75) is 33.6 Å². The van der Waals surface area contributed by atoms with Gasteiger partial charge in [0.25, 0.3) is 0 Å². The van der Waals surface area contributed by atoms with Gasteiger partial charge in [0.1, 0.15) is 5.75 Å². The molecule has 0 saturated carbocycles. The van der Waals surface area contributed by atoms with Gasteiger partial charge in [0.2, 0.25) is 0 Å². The molecule has 1 saturated heterocycles. The molecule has 20 heavy (non-hydrogen) atoms. The monoisotopic (exact) mass is 276 g/mol. The van der Waals surface area contributed by atoms with Crippen LogP contribution in [0.3, 0.4) is 0 Å². The van der Waals surface area contributed by atoms with E-state index in [0.717, 1.165) is 25.4 Å². The lowest BCUT2D eigenvalue weighted by molar-refractivity contribution is 0.238. The van der Waals surface area contributed by atoms with Crippen molar-refractivity contribution < 1.29 is 4.74 Å². The summed E-state index contributed by atoms with van der Waals surface area (Å²) in [4.78, 5) is 2.56. The lowest BCUT2D eigenvalue weighted by Gasteiger charge is -2.27. The summed E-state index contributed by atoms with van der Waals surface area (Å²) in [6.07, 6.45) is 2.41. The van der Waals surface area contributed by atoms with Crippen molar-refractivity contribution in [1.82, 2.24) is 10.2 Å². The van der Waals surface area contributed by atoms with Gasteiger partial charge in [-0.25, -0.2) is 0 Å². The summed E-state index contributed by atoms with van der Waals surface area (Å²) in [6.45, 7) is 13.0. The third-order valence-corrected chi connectivity index (χ3v) is 4.06. The number of ether oxygens (including phenoxy) is 1. The molecule has 1 aromatic rings. The summed E-state index contributed by atoms with van der Waals surface area (Å²) in [7, 11) is 0. The number of piperazine rings is 1. The highest BCUT2D eigenvalue weighted by Gasteiger charge is 2.10. The average Bonchev–Trinajstić information content (AvgIpc) is 2.45. The van der Waals surface area contributed by atoms with Crippen LogP contribution in [-0.2, 0) is 6.42 Å². The second-order valence-corrected chi connectivity index (χ2v) is 5.67. The second kappa shape index (κ2) is 7.65. The maximum Gasteiger partial charge on any atom is 0.122 e. The number of hydrogen-bond acceptors (Lipinski definition) is 3. The highest BCUT2D eigenvalue weighted by molar-refractivity contribution is 5.41. The summed E-state index contributed by atoms with van der Waals surface area (Å²) >= 11 is 0. The van der Waals surface area contributed by atoms with E-state index < -0.39 is 0 Å². The van der Waals surface area contributed by atoms with Gasteiger partial charge in [-0.3, -0.25) is 0 Å². The minimum atomic E-state index is 0.739. The Balaban J connectivity index is 1.87. The molecule has 1 fully saturated rings. The van der Waals surface area contributed by atoms with Crippen molar-refractivity contribution >= 4 is 0 Å². The molecule has 0 aromatic heterocycles. The maximum absolute atomic E-state index is 5.66. The Hall–Kier alpha value is -1.06. The van der Waals surface area contributed by atoms with E-state index in [0.29, 0.717) is 0 Å². The third-order valence-electron chi connectivity index (χ3n) is 4.06. The molecule has 1 aliphatic heterocycles. The van der Waals surface area contributed by atoms with Gasteiger partial charge in [0, 0.05) is 26.2 Å². The Bertz CT molecular complexity index is 425. The molecule has 1 heterocycles. The Morgan fingerprint density at radius 1 is 1.15 bits per heavy atom. The molecule has 3 nitrogen and oxygen atoms in total. The van der Waals surface area contributed by atoms with Crippen LogP contribution >= 0.6 is 0 Å². The van der Waals surface area contributed by atoms with E-state index in [9.17, 15) is 0 Å². The van der Waals surface area contributed by atoms with Gasteiger partial charge >= 0.3 is 0 Å². The standard InChI is InChI=1S/C17H28N2O/c1-4-20-17-13-14(2)16(12-15(17)3)6-5-9-19-10-7-18-8-11-19/h12-13,18H,4-11H2,1-3H3. The van der Waals surface area contributed by atoms with E-state index in [1.807, 2.05) is 6.92 Å². The molecule has 1 aliphatic rings. The zero-order valence-electron chi connectivity index (χ0n) is 13.2. The van der Waals surface area contributed by atoms with Crippen molar-refractivity contribution in [2.24, 2.45) is 0 Å². The molecule has 0 radical (unpaired) electrons. The molecule has 0 bridgehead atoms. The first-order chi connectivity index (χ1) is 9.70. The van der Waals surface area contributed by atoms with Gasteiger partial charge in [-0.2, -0.15) is 0 Å². The highest BCUT2D eigenvalue weighted by Crippen LogP contribution is 2.23. The predicted octanol–water partition coefficient (Wildman–Crippen LogP) is 2.54. The lowest BCUT2D eigenvalue weighted by atomic mass is 10.0. The van der Waals surface area contributed by atoms with E-state index >= 15 is 0 Å². The Morgan fingerprint density at radius 2 is 1.90 bits per heavy atom. The topological polar surface area (TPSA) is 24.5 Å². The number of nitrogens with one attached hydrogen (secondary N) is 1. The van der Waals surface area contributed by atoms with Gasteiger partial charge in [-0.05, 0) is 62.9 Å². The zero-order chi connectivity index (χ0) is 14.4. The second-order valence-electron chi connectivity index (χ2n) is 5.67. The molecule has 0 aliphatic carbocycles. The van der Waals surface area contributed by atoms with Crippen LogP contribution in [0.1, 0.15) is 30.0 Å². The average molecular weight is 276 g/mol. The summed E-state index contributed by atoms with van der Waals surface area (Å²) in [6, 6.07) is 4.50. The van der Waals surface area contributed by atoms with E-state index in [-0.39, 0.29) is 0 Å². The number of aryl methyl sites for hydroxylation is 3. The summed E-state index contributed by atoms with van der Waals surface area (Å²) in [5.41, 5.74) is 4.09. The smallest absolute Gasteiger partial charge is 0.122 e. The molecular weight excluding hydrogens is 248 g/mol. The van der Waals surface area contributed by atoms with Gasteiger partial charge in [-0.15, -0.1) is 0 Å². The summed E-state index contributed by atoms with van der Waals surface area (Å²) < 4.78 is 5.66. The fourth-order valence-corrected chi connectivity index (χ4v) is 2.86. The maximum atomic E-state index is 5.66. The SMILES string of the molecule is CCOc1cc(C)c(CCCN2CCNCC2)cc1C. The molecule has 0 atom stereocenters. The first-order valence-corrected chi connectivity index (χ1v) is 7.86. The molecule has 3 heteroatoms. The van der Waals surface area contributed by atoms with Crippen LogP contribution in [0, 0.1) is 13.8 Å². The van der Waals surface area contributed by atoms with Gasteiger partial charge in [0.05, 0.1) is 6.61 Å².